The molecule has 0 saturated heterocycles. The van der Waals surface area contributed by atoms with Crippen LogP contribution in [0, 0.1) is 0 Å². The first kappa shape index (κ1) is 14.5. The Morgan fingerprint density at radius 2 is 2.00 bits per heavy atom. The molecule has 0 aliphatic rings. The summed E-state index contributed by atoms with van der Waals surface area (Å²) in [5.74, 6) is 0. The zero-order chi connectivity index (χ0) is 14.2. The van der Waals surface area contributed by atoms with E-state index < -0.39 is 6.10 Å². The SMILES string of the molecule is C=CCCCCCC(O)c1cnn(-c2ccccc2)c1. The average molecular weight is 270 g/mol. The predicted octanol–water partition coefficient (Wildman–Crippen LogP) is 4.04. The zero-order valence-corrected chi connectivity index (χ0v) is 11.8. The average Bonchev–Trinajstić information content (AvgIpc) is 2.98. The van der Waals surface area contributed by atoms with Crippen molar-refractivity contribution in [1.29, 1.82) is 0 Å². The van der Waals surface area contributed by atoms with Crippen molar-refractivity contribution in [2.24, 2.45) is 0 Å². The number of para-hydroxylation sites is 1. The smallest absolute Gasteiger partial charge is 0.0820 e. The number of allylic oxidation sites excluding steroid dienone is 1. The lowest BCUT2D eigenvalue weighted by Gasteiger charge is -2.07. The maximum absolute atomic E-state index is 10.2. The largest absolute Gasteiger partial charge is 0.388 e. The van der Waals surface area contributed by atoms with Crippen LogP contribution in [-0.2, 0) is 0 Å². The van der Waals surface area contributed by atoms with Crippen LogP contribution in [0.15, 0.2) is 55.4 Å². The topological polar surface area (TPSA) is 38.1 Å². The fourth-order valence-corrected chi connectivity index (χ4v) is 2.20. The number of aliphatic hydroxyl groups is 1. The highest BCUT2D eigenvalue weighted by molar-refractivity contribution is 5.31. The van der Waals surface area contributed by atoms with Crippen molar-refractivity contribution in [3.63, 3.8) is 0 Å². The van der Waals surface area contributed by atoms with E-state index in [1.807, 2.05) is 42.6 Å². The summed E-state index contributed by atoms with van der Waals surface area (Å²) < 4.78 is 1.80. The van der Waals surface area contributed by atoms with Crippen LogP contribution in [0.2, 0.25) is 0 Å². The summed E-state index contributed by atoms with van der Waals surface area (Å²) in [5, 5.41) is 14.5. The Balaban J connectivity index is 1.87. The summed E-state index contributed by atoms with van der Waals surface area (Å²) >= 11 is 0. The van der Waals surface area contributed by atoms with Crippen LogP contribution in [0.5, 0.6) is 0 Å². The Hall–Kier alpha value is -1.87. The van der Waals surface area contributed by atoms with Gasteiger partial charge in [0.15, 0.2) is 0 Å². The van der Waals surface area contributed by atoms with Crippen molar-refractivity contribution in [3.05, 3.63) is 60.9 Å². The molecule has 1 heterocycles. The van der Waals surface area contributed by atoms with Gasteiger partial charge in [-0.2, -0.15) is 5.10 Å². The van der Waals surface area contributed by atoms with Crippen molar-refractivity contribution in [2.75, 3.05) is 0 Å². The van der Waals surface area contributed by atoms with Gasteiger partial charge in [-0.1, -0.05) is 37.1 Å². The van der Waals surface area contributed by atoms with Gasteiger partial charge in [0, 0.05) is 11.8 Å². The summed E-state index contributed by atoms with van der Waals surface area (Å²) in [5.41, 5.74) is 1.90. The molecule has 0 aliphatic carbocycles. The Labute approximate surface area is 120 Å². The predicted molar refractivity (Wildman–Crippen MR) is 81.8 cm³/mol. The molecule has 0 amide bonds. The van der Waals surface area contributed by atoms with Crippen molar-refractivity contribution >= 4 is 0 Å². The summed E-state index contributed by atoms with van der Waals surface area (Å²) in [7, 11) is 0. The van der Waals surface area contributed by atoms with Gasteiger partial charge in [0.1, 0.15) is 0 Å². The molecule has 1 aromatic carbocycles. The third kappa shape index (κ3) is 4.07. The zero-order valence-electron chi connectivity index (χ0n) is 11.8. The second kappa shape index (κ2) is 7.65. The van der Waals surface area contributed by atoms with E-state index in [0.717, 1.165) is 43.4 Å². The monoisotopic (exact) mass is 270 g/mol. The third-order valence-corrected chi connectivity index (χ3v) is 3.39. The van der Waals surface area contributed by atoms with E-state index in [-0.39, 0.29) is 0 Å². The first-order chi connectivity index (χ1) is 9.81. The molecule has 0 saturated carbocycles. The molecule has 20 heavy (non-hydrogen) atoms. The third-order valence-electron chi connectivity index (χ3n) is 3.39. The molecule has 2 aromatic rings. The van der Waals surface area contributed by atoms with Gasteiger partial charge in [0.25, 0.3) is 0 Å². The van der Waals surface area contributed by atoms with Gasteiger partial charge in [-0.3, -0.25) is 0 Å². The second-order valence-corrected chi connectivity index (χ2v) is 5.00. The van der Waals surface area contributed by atoms with E-state index >= 15 is 0 Å². The van der Waals surface area contributed by atoms with Gasteiger partial charge in [0.2, 0.25) is 0 Å². The van der Waals surface area contributed by atoms with Crippen LogP contribution in [-0.4, -0.2) is 14.9 Å². The van der Waals surface area contributed by atoms with E-state index in [4.69, 9.17) is 0 Å². The van der Waals surface area contributed by atoms with Gasteiger partial charge >= 0.3 is 0 Å². The van der Waals surface area contributed by atoms with Crippen LogP contribution in [0.4, 0.5) is 0 Å². The first-order valence-electron chi connectivity index (χ1n) is 7.20. The van der Waals surface area contributed by atoms with Gasteiger partial charge in [-0.05, 0) is 31.4 Å². The summed E-state index contributed by atoms with van der Waals surface area (Å²) in [6, 6.07) is 9.93. The van der Waals surface area contributed by atoms with E-state index in [1.165, 1.54) is 0 Å². The number of rotatable bonds is 8. The molecule has 2 rings (SSSR count). The molecular formula is C17H22N2O. The quantitative estimate of drug-likeness (QED) is 0.580. The van der Waals surface area contributed by atoms with E-state index in [1.54, 1.807) is 10.9 Å². The fraction of sp³-hybridized carbons (Fsp3) is 0.353. The van der Waals surface area contributed by atoms with Crippen LogP contribution in [0.1, 0.15) is 43.8 Å². The van der Waals surface area contributed by atoms with Crippen LogP contribution in [0.3, 0.4) is 0 Å². The lowest BCUT2D eigenvalue weighted by molar-refractivity contribution is 0.163. The molecule has 0 spiro atoms. The van der Waals surface area contributed by atoms with Crippen LogP contribution < -0.4 is 0 Å². The number of unbranched alkanes of at least 4 members (excludes halogenated alkanes) is 3. The highest BCUT2D eigenvalue weighted by atomic mass is 16.3. The Bertz CT molecular complexity index is 519. The normalized spacial score (nSPS) is 12.2. The van der Waals surface area contributed by atoms with Gasteiger partial charge in [-0.15, -0.1) is 6.58 Å². The van der Waals surface area contributed by atoms with E-state index in [0.29, 0.717) is 0 Å². The molecule has 1 aromatic heterocycles. The summed E-state index contributed by atoms with van der Waals surface area (Å²) in [6.07, 6.45) is 10.3. The Kier molecular flexibility index (Phi) is 5.56. The molecule has 3 nitrogen and oxygen atoms in total. The highest BCUT2D eigenvalue weighted by Crippen LogP contribution is 2.20. The number of hydrogen-bond donors (Lipinski definition) is 1. The molecule has 0 fully saturated rings. The fourth-order valence-electron chi connectivity index (χ4n) is 2.20. The maximum atomic E-state index is 10.2. The molecule has 3 heteroatoms. The molecule has 106 valence electrons. The maximum Gasteiger partial charge on any atom is 0.0820 e. The number of nitrogens with zero attached hydrogens (tertiary/aromatic N) is 2. The Morgan fingerprint density at radius 3 is 2.75 bits per heavy atom. The summed E-state index contributed by atoms with van der Waals surface area (Å²) in [4.78, 5) is 0. The van der Waals surface area contributed by atoms with Crippen molar-refractivity contribution in [1.82, 2.24) is 9.78 Å². The molecule has 0 radical (unpaired) electrons. The van der Waals surface area contributed by atoms with Gasteiger partial charge in [0.05, 0.1) is 18.0 Å². The standard InChI is InChI=1S/C17H22N2O/c1-2-3-4-5-9-12-17(20)15-13-18-19(14-15)16-10-7-6-8-11-16/h2,6-8,10-11,13-14,17,20H,1,3-5,9,12H2. The minimum Gasteiger partial charge on any atom is -0.388 e. The number of hydrogen-bond acceptors (Lipinski definition) is 2. The molecule has 0 bridgehead atoms. The van der Waals surface area contributed by atoms with Crippen molar-refractivity contribution in [2.45, 2.75) is 38.2 Å². The highest BCUT2D eigenvalue weighted by Gasteiger charge is 2.10. The number of aromatic nitrogens is 2. The number of benzene rings is 1. The molecule has 0 aliphatic heterocycles. The van der Waals surface area contributed by atoms with Gasteiger partial charge in [-0.25, -0.2) is 4.68 Å². The lowest BCUT2D eigenvalue weighted by Crippen LogP contribution is -1.96. The van der Waals surface area contributed by atoms with Crippen molar-refractivity contribution < 1.29 is 5.11 Å². The lowest BCUT2D eigenvalue weighted by atomic mass is 10.1. The van der Waals surface area contributed by atoms with Crippen LogP contribution >= 0.6 is 0 Å². The van der Waals surface area contributed by atoms with E-state index in [9.17, 15) is 5.11 Å². The first-order valence-corrected chi connectivity index (χ1v) is 7.20. The van der Waals surface area contributed by atoms with Gasteiger partial charge < -0.3 is 5.11 Å². The molecule has 1 atom stereocenters. The minimum absolute atomic E-state index is 0.420. The molecule has 1 N–H and O–H groups in total. The van der Waals surface area contributed by atoms with Crippen molar-refractivity contribution in [3.8, 4) is 5.69 Å². The number of aliphatic hydroxyl groups excluding tert-OH is 1. The van der Waals surface area contributed by atoms with Crippen LogP contribution in [0.25, 0.3) is 5.69 Å². The molecular weight excluding hydrogens is 248 g/mol. The second-order valence-electron chi connectivity index (χ2n) is 5.00. The minimum atomic E-state index is -0.420. The van der Waals surface area contributed by atoms with E-state index in [2.05, 4.69) is 11.7 Å². The summed E-state index contributed by atoms with van der Waals surface area (Å²) in [6.45, 7) is 3.71. The Morgan fingerprint density at radius 1 is 1.20 bits per heavy atom. The molecule has 1 unspecified atom stereocenters.